The van der Waals surface area contributed by atoms with Crippen LogP contribution in [0.25, 0.3) is 0 Å². The highest BCUT2D eigenvalue weighted by Crippen LogP contribution is 2.51. The molecule has 0 radical (unpaired) electrons. The van der Waals surface area contributed by atoms with Crippen LogP contribution in [0.5, 0.6) is 0 Å². The predicted octanol–water partition coefficient (Wildman–Crippen LogP) is 3.74. The van der Waals surface area contributed by atoms with E-state index in [1.807, 2.05) is 18.3 Å². The van der Waals surface area contributed by atoms with Crippen molar-refractivity contribution in [3.63, 3.8) is 0 Å². The highest BCUT2D eigenvalue weighted by atomic mass is 35.5. The van der Waals surface area contributed by atoms with Crippen molar-refractivity contribution in [1.29, 1.82) is 0 Å². The summed E-state index contributed by atoms with van der Waals surface area (Å²) in [7, 11) is 0. The molecule has 0 spiro atoms. The Morgan fingerprint density at radius 3 is 2.78 bits per heavy atom. The lowest BCUT2D eigenvalue weighted by Gasteiger charge is -2.45. The Kier molecular flexibility index (Phi) is 2.76. The minimum atomic E-state index is -0.396. The molecule has 1 aromatic carbocycles. The monoisotopic (exact) mass is 263 g/mol. The van der Waals surface area contributed by atoms with Gasteiger partial charge in [-0.1, -0.05) is 25.4 Å². The second-order valence-corrected chi connectivity index (χ2v) is 6.75. The molecule has 1 aromatic rings. The third-order valence-electron chi connectivity index (χ3n) is 4.16. The third-order valence-corrected chi connectivity index (χ3v) is 4.38. The first-order valence-electron chi connectivity index (χ1n) is 6.46. The number of nitrogens with zero attached hydrogens (tertiary/aromatic N) is 1. The van der Waals surface area contributed by atoms with E-state index < -0.39 is 6.10 Å². The normalized spacial score (nSPS) is 22.7. The number of aliphatic hydroxyl groups is 1. The number of hydrogen-bond acceptors (Lipinski definition) is 2. The van der Waals surface area contributed by atoms with E-state index in [0.29, 0.717) is 22.9 Å². The maximum absolute atomic E-state index is 10.5. The molecule has 0 bridgehead atoms. The van der Waals surface area contributed by atoms with Crippen molar-refractivity contribution in [2.24, 2.45) is 16.3 Å². The minimum Gasteiger partial charge on any atom is -0.388 e. The number of hydrogen-bond donors (Lipinski definition) is 1. The SMILES string of the molecule is CC1(C)CC(C(O)c2cc(Cl)cc3c2CN=C3)C1. The van der Waals surface area contributed by atoms with Gasteiger partial charge < -0.3 is 5.11 Å². The van der Waals surface area contributed by atoms with Gasteiger partial charge in [0.25, 0.3) is 0 Å². The molecule has 0 amide bonds. The van der Waals surface area contributed by atoms with Gasteiger partial charge in [-0.25, -0.2) is 0 Å². The van der Waals surface area contributed by atoms with Gasteiger partial charge in [-0.05, 0) is 53.0 Å². The number of rotatable bonds is 2. The molecule has 3 rings (SSSR count). The molecule has 1 N–H and O–H groups in total. The van der Waals surface area contributed by atoms with Gasteiger partial charge in [0.2, 0.25) is 0 Å². The van der Waals surface area contributed by atoms with Crippen LogP contribution in [0.15, 0.2) is 17.1 Å². The average molecular weight is 264 g/mol. The first-order chi connectivity index (χ1) is 8.46. The molecular formula is C15H18ClNO. The topological polar surface area (TPSA) is 32.6 Å². The van der Waals surface area contributed by atoms with E-state index in [2.05, 4.69) is 18.8 Å². The predicted molar refractivity (Wildman–Crippen MR) is 74.2 cm³/mol. The van der Waals surface area contributed by atoms with Crippen LogP contribution >= 0.6 is 11.6 Å². The highest BCUT2D eigenvalue weighted by Gasteiger charge is 2.41. The Morgan fingerprint density at radius 1 is 1.39 bits per heavy atom. The van der Waals surface area contributed by atoms with Crippen LogP contribution in [0.3, 0.4) is 0 Å². The molecule has 1 heterocycles. The van der Waals surface area contributed by atoms with Crippen LogP contribution in [0.1, 0.15) is 49.5 Å². The summed E-state index contributed by atoms with van der Waals surface area (Å²) < 4.78 is 0. The van der Waals surface area contributed by atoms with Crippen LogP contribution in [0.2, 0.25) is 5.02 Å². The standard InChI is InChI=1S/C15H18ClNO/c1-15(2)5-10(6-15)14(18)12-4-11(16)3-9-7-17-8-13(9)12/h3-4,7,10,14,18H,5-6,8H2,1-2H3. The van der Waals surface area contributed by atoms with Crippen molar-refractivity contribution >= 4 is 17.8 Å². The van der Waals surface area contributed by atoms with Gasteiger partial charge in [0, 0.05) is 11.2 Å². The number of aliphatic hydroxyl groups excluding tert-OH is 1. The van der Waals surface area contributed by atoms with Gasteiger partial charge in [-0.15, -0.1) is 0 Å². The van der Waals surface area contributed by atoms with Crippen molar-refractivity contribution in [3.8, 4) is 0 Å². The molecule has 2 aliphatic rings. The molecule has 1 unspecified atom stereocenters. The molecule has 1 aliphatic heterocycles. The molecule has 1 fully saturated rings. The lowest BCUT2D eigenvalue weighted by molar-refractivity contribution is -0.0150. The van der Waals surface area contributed by atoms with Gasteiger partial charge >= 0.3 is 0 Å². The summed E-state index contributed by atoms with van der Waals surface area (Å²) >= 11 is 6.12. The van der Waals surface area contributed by atoms with Gasteiger partial charge in [0.1, 0.15) is 0 Å². The second kappa shape index (κ2) is 4.07. The van der Waals surface area contributed by atoms with Gasteiger partial charge in [0.15, 0.2) is 0 Å². The number of fused-ring (bicyclic) bond motifs is 1. The molecule has 1 atom stereocenters. The molecule has 18 heavy (non-hydrogen) atoms. The van der Waals surface area contributed by atoms with E-state index in [-0.39, 0.29) is 0 Å². The van der Waals surface area contributed by atoms with Crippen molar-refractivity contribution < 1.29 is 5.11 Å². The first-order valence-corrected chi connectivity index (χ1v) is 6.84. The maximum Gasteiger partial charge on any atom is 0.0822 e. The summed E-state index contributed by atoms with van der Waals surface area (Å²) in [6, 6.07) is 3.83. The fourth-order valence-corrected chi connectivity index (χ4v) is 3.55. The Bertz CT molecular complexity index is 513. The molecule has 2 nitrogen and oxygen atoms in total. The van der Waals surface area contributed by atoms with E-state index in [0.717, 1.165) is 29.5 Å². The summed E-state index contributed by atoms with van der Waals surface area (Å²) in [4.78, 5) is 4.27. The average Bonchev–Trinajstić information content (AvgIpc) is 2.71. The molecule has 1 aliphatic carbocycles. The summed E-state index contributed by atoms with van der Waals surface area (Å²) in [5.74, 6) is 0.364. The van der Waals surface area contributed by atoms with Crippen molar-refractivity contribution in [3.05, 3.63) is 33.8 Å². The molecule has 1 saturated carbocycles. The van der Waals surface area contributed by atoms with E-state index in [1.54, 1.807) is 0 Å². The summed E-state index contributed by atoms with van der Waals surface area (Å²) in [6.45, 7) is 5.18. The van der Waals surface area contributed by atoms with Crippen molar-refractivity contribution in [2.45, 2.75) is 39.3 Å². The van der Waals surface area contributed by atoms with Crippen molar-refractivity contribution in [2.75, 3.05) is 0 Å². The fraction of sp³-hybridized carbons (Fsp3) is 0.533. The van der Waals surface area contributed by atoms with Crippen LogP contribution in [0, 0.1) is 11.3 Å². The summed E-state index contributed by atoms with van der Waals surface area (Å²) in [5, 5.41) is 11.2. The molecular weight excluding hydrogens is 246 g/mol. The second-order valence-electron chi connectivity index (χ2n) is 6.31. The quantitative estimate of drug-likeness (QED) is 0.866. The van der Waals surface area contributed by atoms with E-state index in [4.69, 9.17) is 11.6 Å². The van der Waals surface area contributed by atoms with Crippen LogP contribution in [0.4, 0.5) is 0 Å². The maximum atomic E-state index is 10.5. The van der Waals surface area contributed by atoms with E-state index in [1.165, 1.54) is 0 Å². The number of benzene rings is 1. The van der Waals surface area contributed by atoms with Crippen LogP contribution in [-0.4, -0.2) is 11.3 Å². The molecule has 96 valence electrons. The largest absolute Gasteiger partial charge is 0.388 e. The van der Waals surface area contributed by atoms with Gasteiger partial charge in [-0.3, -0.25) is 4.99 Å². The van der Waals surface area contributed by atoms with Crippen LogP contribution in [-0.2, 0) is 6.54 Å². The van der Waals surface area contributed by atoms with Gasteiger partial charge in [-0.2, -0.15) is 0 Å². The lowest BCUT2D eigenvalue weighted by Crippen LogP contribution is -2.35. The first kappa shape index (κ1) is 12.2. The van der Waals surface area contributed by atoms with Gasteiger partial charge in [0.05, 0.1) is 12.6 Å². The number of aliphatic imine (C=N–C) groups is 1. The summed E-state index contributed by atoms with van der Waals surface area (Å²) in [5.41, 5.74) is 3.58. The molecule has 0 saturated heterocycles. The smallest absolute Gasteiger partial charge is 0.0822 e. The Morgan fingerprint density at radius 2 is 2.11 bits per heavy atom. The van der Waals surface area contributed by atoms with Crippen molar-refractivity contribution in [1.82, 2.24) is 0 Å². The Balaban J connectivity index is 1.89. The Labute approximate surface area is 113 Å². The zero-order chi connectivity index (χ0) is 12.9. The summed E-state index contributed by atoms with van der Waals surface area (Å²) in [6.07, 6.45) is 3.61. The highest BCUT2D eigenvalue weighted by molar-refractivity contribution is 6.31. The minimum absolute atomic E-state index is 0.364. The number of halogens is 1. The zero-order valence-corrected chi connectivity index (χ0v) is 11.5. The fourth-order valence-electron chi connectivity index (χ4n) is 3.31. The zero-order valence-electron chi connectivity index (χ0n) is 10.8. The Hall–Kier alpha value is -0.860. The molecule has 3 heteroatoms. The third kappa shape index (κ3) is 1.98. The van der Waals surface area contributed by atoms with E-state index >= 15 is 0 Å². The van der Waals surface area contributed by atoms with E-state index in [9.17, 15) is 5.11 Å². The molecule has 0 aromatic heterocycles. The van der Waals surface area contributed by atoms with Crippen LogP contribution < -0.4 is 0 Å². The lowest BCUT2D eigenvalue weighted by atomic mass is 9.61.